The topological polar surface area (TPSA) is 56.5 Å². The lowest BCUT2D eigenvalue weighted by Crippen LogP contribution is -2.07. The summed E-state index contributed by atoms with van der Waals surface area (Å²) in [6.07, 6.45) is 0. The van der Waals surface area contributed by atoms with Gasteiger partial charge in [-0.2, -0.15) is 0 Å². The Morgan fingerprint density at radius 2 is 2.15 bits per heavy atom. The standard InChI is InChI=1S/C15H16O4S/c1-3-18-15(17)9-20-8-11-7-14(16)19-13-5-4-10(2)6-12(11)13/h4-7H,3,8-9H2,1-2H3. The lowest BCUT2D eigenvalue weighted by atomic mass is 10.1. The van der Waals surface area contributed by atoms with Crippen molar-refractivity contribution in [1.82, 2.24) is 0 Å². The van der Waals surface area contributed by atoms with Gasteiger partial charge in [-0.3, -0.25) is 4.79 Å². The van der Waals surface area contributed by atoms with Gasteiger partial charge in [0.25, 0.3) is 0 Å². The van der Waals surface area contributed by atoms with Gasteiger partial charge in [0, 0.05) is 17.2 Å². The van der Waals surface area contributed by atoms with Gasteiger partial charge in [0.1, 0.15) is 5.58 Å². The number of hydrogen-bond acceptors (Lipinski definition) is 5. The van der Waals surface area contributed by atoms with Gasteiger partial charge in [0.2, 0.25) is 0 Å². The molecule has 1 heterocycles. The summed E-state index contributed by atoms with van der Waals surface area (Å²) in [5.41, 5.74) is 2.19. The van der Waals surface area contributed by atoms with Crippen LogP contribution in [-0.2, 0) is 15.3 Å². The predicted octanol–water partition coefficient (Wildman–Crippen LogP) is 2.90. The molecule has 0 spiro atoms. The molecule has 0 fully saturated rings. The van der Waals surface area contributed by atoms with Crippen LogP contribution in [0.25, 0.3) is 11.0 Å². The van der Waals surface area contributed by atoms with Crippen molar-refractivity contribution in [3.8, 4) is 0 Å². The largest absolute Gasteiger partial charge is 0.465 e. The minimum Gasteiger partial charge on any atom is -0.465 e. The molecule has 0 N–H and O–H groups in total. The number of carbonyl (C=O) groups excluding carboxylic acids is 1. The number of carbonyl (C=O) groups is 1. The Balaban J connectivity index is 2.18. The minimum absolute atomic E-state index is 0.235. The summed E-state index contributed by atoms with van der Waals surface area (Å²) < 4.78 is 10.0. The van der Waals surface area contributed by atoms with Crippen LogP contribution >= 0.6 is 11.8 Å². The Labute approximate surface area is 121 Å². The molecule has 0 atom stereocenters. The molecule has 0 aliphatic heterocycles. The zero-order valence-corrected chi connectivity index (χ0v) is 12.3. The second-order valence-electron chi connectivity index (χ2n) is 4.39. The number of aryl methyl sites for hydroxylation is 1. The summed E-state index contributed by atoms with van der Waals surface area (Å²) in [6, 6.07) is 7.17. The van der Waals surface area contributed by atoms with E-state index in [0.717, 1.165) is 16.5 Å². The Kier molecular flexibility index (Phi) is 4.84. The fraction of sp³-hybridized carbons (Fsp3) is 0.333. The molecule has 5 heteroatoms. The second-order valence-corrected chi connectivity index (χ2v) is 5.37. The van der Waals surface area contributed by atoms with E-state index in [1.807, 2.05) is 19.1 Å². The van der Waals surface area contributed by atoms with Gasteiger partial charge in [0.05, 0.1) is 12.4 Å². The maximum Gasteiger partial charge on any atom is 0.336 e. The van der Waals surface area contributed by atoms with Crippen molar-refractivity contribution in [2.24, 2.45) is 0 Å². The number of benzene rings is 1. The van der Waals surface area contributed by atoms with Crippen molar-refractivity contribution in [3.63, 3.8) is 0 Å². The Morgan fingerprint density at radius 3 is 2.90 bits per heavy atom. The van der Waals surface area contributed by atoms with Crippen LogP contribution in [0.2, 0.25) is 0 Å². The molecule has 1 aromatic heterocycles. The van der Waals surface area contributed by atoms with Crippen LogP contribution in [0.1, 0.15) is 18.1 Å². The van der Waals surface area contributed by atoms with E-state index in [1.54, 1.807) is 13.0 Å². The predicted molar refractivity (Wildman–Crippen MR) is 80.0 cm³/mol. The molecule has 1 aromatic carbocycles. The minimum atomic E-state index is -0.368. The molecule has 0 aliphatic rings. The van der Waals surface area contributed by atoms with Crippen LogP contribution in [0, 0.1) is 6.92 Å². The summed E-state index contributed by atoms with van der Waals surface area (Å²) in [5, 5.41) is 0.918. The van der Waals surface area contributed by atoms with Crippen molar-refractivity contribution in [2.75, 3.05) is 12.4 Å². The van der Waals surface area contributed by atoms with Gasteiger partial charge in [-0.05, 0) is 31.5 Å². The normalized spacial score (nSPS) is 10.7. The first-order valence-corrected chi connectivity index (χ1v) is 7.52. The number of hydrogen-bond donors (Lipinski definition) is 0. The molecule has 20 heavy (non-hydrogen) atoms. The molecule has 0 bridgehead atoms. The van der Waals surface area contributed by atoms with Gasteiger partial charge in [-0.1, -0.05) is 11.6 Å². The molecule has 4 nitrogen and oxygen atoms in total. The Hall–Kier alpha value is -1.75. The van der Waals surface area contributed by atoms with Gasteiger partial charge in [-0.25, -0.2) is 4.79 Å². The van der Waals surface area contributed by atoms with E-state index in [2.05, 4.69) is 0 Å². The molecule has 0 aliphatic carbocycles. The molecule has 0 saturated carbocycles. The van der Waals surface area contributed by atoms with Gasteiger partial charge >= 0.3 is 11.6 Å². The average Bonchev–Trinajstić information content (AvgIpc) is 2.39. The van der Waals surface area contributed by atoms with Crippen LogP contribution in [-0.4, -0.2) is 18.3 Å². The summed E-state index contributed by atoms with van der Waals surface area (Å²) in [7, 11) is 0. The van der Waals surface area contributed by atoms with E-state index in [-0.39, 0.29) is 17.3 Å². The van der Waals surface area contributed by atoms with Crippen LogP contribution < -0.4 is 5.63 Å². The molecule has 2 aromatic rings. The second kappa shape index (κ2) is 6.61. The maximum atomic E-state index is 11.5. The van der Waals surface area contributed by atoms with Crippen LogP contribution in [0.3, 0.4) is 0 Å². The molecule has 0 amide bonds. The number of fused-ring (bicyclic) bond motifs is 1. The van der Waals surface area contributed by atoms with E-state index in [0.29, 0.717) is 17.9 Å². The quantitative estimate of drug-likeness (QED) is 0.626. The summed E-state index contributed by atoms with van der Waals surface area (Å²) in [5.74, 6) is 0.618. The fourth-order valence-electron chi connectivity index (χ4n) is 1.91. The number of thioether (sulfide) groups is 1. The highest BCUT2D eigenvalue weighted by Gasteiger charge is 2.08. The summed E-state index contributed by atoms with van der Waals surface area (Å²) in [4.78, 5) is 22.8. The molecule has 106 valence electrons. The lowest BCUT2D eigenvalue weighted by molar-refractivity contribution is -0.139. The van der Waals surface area contributed by atoms with Crippen molar-refractivity contribution in [2.45, 2.75) is 19.6 Å². The van der Waals surface area contributed by atoms with E-state index < -0.39 is 0 Å². The first kappa shape index (κ1) is 14.7. The molecule has 0 radical (unpaired) electrons. The highest BCUT2D eigenvalue weighted by molar-refractivity contribution is 7.99. The third-order valence-corrected chi connectivity index (χ3v) is 3.72. The lowest BCUT2D eigenvalue weighted by Gasteiger charge is -2.06. The Morgan fingerprint density at radius 1 is 1.35 bits per heavy atom. The molecular weight excluding hydrogens is 276 g/mol. The first-order chi connectivity index (χ1) is 9.60. The van der Waals surface area contributed by atoms with Crippen LogP contribution in [0.5, 0.6) is 0 Å². The highest BCUT2D eigenvalue weighted by atomic mass is 32.2. The zero-order valence-electron chi connectivity index (χ0n) is 11.5. The van der Waals surface area contributed by atoms with E-state index in [1.165, 1.54) is 17.8 Å². The first-order valence-electron chi connectivity index (χ1n) is 6.37. The number of rotatable bonds is 5. The van der Waals surface area contributed by atoms with Gasteiger partial charge in [-0.15, -0.1) is 11.8 Å². The van der Waals surface area contributed by atoms with E-state index in [4.69, 9.17) is 9.15 Å². The van der Waals surface area contributed by atoms with Crippen molar-refractivity contribution < 1.29 is 13.9 Å². The van der Waals surface area contributed by atoms with E-state index >= 15 is 0 Å². The third kappa shape index (κ3) is 3.63. The summed E-state index contributed by atoms with van der Waals surface area (Å²) >= 11 is 1.43. The van der Waals surface area contributed by atoms with E-state index in [9.17, 15) is 9.59 Å². The van der Waals surface area contributed by atoms with Crippen LogP contribution in [0.4, 0.5) is 0 Å². The third-order valence-electron chi connectivity index (χ3n) is 2.77. The number of ether oxygens (including phenoxy) is 1. The molecule has 0 saturated heterocycles. The van der Waals surface area contributed by atoms with Gasteiger partial charge in [0.15, 0.2) is 0 Å². The van der Waals surface area contributed by atoms with Crippen LogP contribution in [0.15, 0.2) is 33.5 Å². The smallest absolute Gasteiger partial charge is 0.336 e. The van der Waals surface area contributed by atoms with Crippen molar-refractivity contribution in [3.05, 3.63) is 45.8 Å². The SMILES string of the molecule is CCOC(=O)CSCc1cc(=O)oc2ccc(C)cc12. The molecule has 2 rings (SSSR count). The summed E-state index contributed by atoms with van der Waals surface area (Å²) in [6.45, 7) is 4.15. The van der Waals surface area contributed by atoms with Crippen molar-refractivity contribution in [1.29, 1.82) is 0 Å². The average molecular weight is 292 g/mol. The zero-order chi connectivity index (χ0) is 14.5. The monoisotopic (exact) mass is 292 g/mol. The molecular formula is C15H16O4S. The van der Waals surface area contributed by atoms with Gasteiger partial charge < -0.3 is 9.15 Å². The van der Waals surface area contributed by atoms with Crippen molar-refractivity contribution >= 4 is 28.7 Å². The fourth-order valence-corrected chi connectivity index (χ4v) is 2.72. The highest BCUT2D eigenvalue weighted by Crippen LogP contribution is 2.22. The molecule has 0 unspecified atom stereocenters. The number of esters is 1. The Bertz CT molecular complexity index is 675. The maximum absolute atomic E-state index is 11.5.